The highest BCUT2D eigenvalue weighted by Crippen LogP contribution is 2.18. The molecule has 1 aromatic carbocycles. The summed E-state index contributed by atoms with van der Waals surface area (Å²) in [6.07, 6.45) is 0. The number of benzene rings is 1. The highest BCUT2D eigenvalue weighted by atomic mass is 16.1. The van der Waals surface area contributed by atoms with Gasteiger partial charge in [0, 0.05) is 24.5 Å². The third-order valence-corrected chi connectivity index (χ3v) is 3.28. The Bertz CT molecular complexity index is 589. The number of carbonyl (C=O) groups is 1. The zero-order valence-electron chi connectivity index (χ0n) is 12.6. The Morgan fingerprint density at radius 1 is 1.05 bits per heavy atom. The van der Waals surface area contributed by atoms with Gasteiger partial charge in [0.1, 0.15) is 0 Å². The molecule has 5 heteroatoms. The molecule has 0 aliphatic heterocycles. The molecule has 1 aromatic heterocycles. The maximum atomic E-state index is 12.0. The molecule has 0 aliphatic rings. The van der Waals surface area contributed by atoms with Crippen molar-refractivity contribution in [1.29, 1.82) is 0 Å². The summed E-state index contributed by atoms with van der Waals surface area (Å²) in [6.45, 7) is 7.99. The van der Waals surface area contributed by atoms with Gasteiger partial charge in [0.2, 0.25) is 0 Å². The Balaban J connectivity index is 2.06. The minimum absolute atomic E-state index is 0.252. The van der Waals surface area contributed by atoms with Gasteiger partial charge < -0.3 is 10.2 Å². The Labute approximate surface area is 125 Å². The largest absolute Gasteiger partial charge is 0.372 e. The third-order valence-electron chi connectivity index (χ3n) is 3.28. The first-order valence-electron chi connectivity index (χ1n) is 7.10. The molecule has 0 unspecified atom stereocenters. The fourth-order valence-corrected chi connectivity index (χ4v) is 2.06. The molecule has 0 aliphatic carbocycles. The number of amides is 1. The number of nitrogens with zero attached hydrogens (tertiary/aromatic N) is 3. The molecule has 0 saturated carbocycles. The molecule has 0 radical (unpaired) electrons. The van der Waals surface area contributed by atoms with E-state index in [0.29, 0.717) is 5.69 Å². The van der Waals surface area contributed by atoms with E-state index in [4.69, 9.17) is 0 Å². The van der Waals surface area contributed by atoms with Gasteiger partial charge >= 0.3 is 0 Å². The van der Waals surface area contributed by atoms with E-state index in [1.165, 1.54) is 0 Å². The SMILES string of the molecule is CCN(CC)c1ccc(NC(=O)c2ccc(C)nn2)cc1. The van der Waals surface area contributed by atoms with Gasteiger partial charge in [0.25, 0.3) is 5.91 Å². The third kappa shape index (κ3) is 3.78. The van der Waals surface area contributed by atoms with Gasteiger partial charge in [-0.25, -0.2) is 0 Å². The molecule has 21 heavy (non-hydrogen) atoms. The molecule has 1 N–H and O–H groups in total. The van der Waals surface area contributed by atoms with E-state index in [1.807, 2.05) is 31.2 Å². The fourth-order valence-electron chi connectivity index (χ4n) is 2.06. The topological polar surface area (TPSA) is 58.1 Å². The molecule has 2 aromatic rings. The normalized spacial score (nSPS) is 10.2. The average molecular weight is 284 g/mol. The van der Waals surface area contributed by atoms with E-state index < -0.39 is 0 Å². The van der Waals surface area contributed by atoms with Gasteiger partial charge in [-0.3, -0.25) is 4.79 Å². The number of aromatic nitrogens is 2. The summed E-state index contributed by atoms with van der Waals surface area (Å²) < 4.78 is 0. The summed E-state index contributed by atoms with van der Waals surface area (Å²) in [5.74, 6) is -0.252. The minimum atomic E-state index is -0.252. The number of rotatable bonds is 5. The molecule has 0 saturated heterocycles. The predicted molar refractivity (Wildman–Crippen MR) is 84.7 cm³/mol. The lowest BCUT2D eigenvalue weighted by atomic mass is 10.2. The van der Waals surface area contributed by atoms with Crippen LogP contribution in [-0.2, 0) is 0 Å². The van der Waals surface area contributed by atoms with Crippen molar-refractivity contribution in [2.45, 2.75) is 20.8 Å². The molecular weight excluding hydrogens is 264 g/mol. The van der Waals surface area contributed by atoms with Crippen LogP contribution in [0.3, 0.4) is 0 Å². The van der Waals surface area contributed by atoms with E-state index >= 15 is 0 Å². The zero-order valence-corrected chi connectivity index (χ0v) is 12.6. The van der Waals surface area contributed by atoms with E-state index in [2.05, 4.69) is 34.3 Å². The van der Waals surface area contributed by atoms with Gasteiger partial charge in [0.05, 0.1) is 5.69 Å². The first kappa shape index (κ1) is 15.0. The predicted octanol–water partition coefficient (Wildman–Crippen LogP) is 2.88. The second-order valence-corrected chi connectivity index (χ2v) is 4.73. The quantitative estimate of drug-likeness (QED) is 0.917. The summed E-state index contributed by atoms with van der Waals surface area (Å²) in [4.78, 5) is 14.3. The molecule has 1 heterocycles. The molecule has 5 nitrogen and oxygen atoms in total. The van der Waals surface area contributed by atoms with Crippen LogP contribution in [0.2, 0.25) is 0 Å². The van der Waals surface area contributed by atoms with Crippen LogP contribution in [0.25, 0.3) is 0 Å². The number of aryl methyl sites for hydroxylation is 1. The van der Waals surface area contributed by atoms with Crippen LogP contribution in [0.1, 0.15) is 30.0 Å². The van der Waals surface area contributed by atoms with Crippen molar-refractivity contribution in [3.05, 3.63) is 47.8 Å². The summed E-state index contributed by atoms with van der Waals surface area (Å²) in [6, 6.07) is 11.2. The number of anilines is 2. The number of hydrogen-bond donors (Lipinski definition) is 1. The van der Waals surface area contributed by atoms with Crippen LogP contribution in [0.4, 0.5) is 11.4 Å². The minimum Gasteiger partial charge on any atom is -0.372 e. The van der Waals surface area contributed by atoms with Gasteiger partial charge in [-0.1, -0.05) is 0 Å². The second-order valence-electron chi connectivity index (χ2n) is 4.73. The van der Waals surface area contributed by atoms with E-state index in [1.54, 1.807) is 12.1 Å². The van der Waals surface area contributed by atoms with Crippen LogP contribution in [0.5, 0.6) is 0 Å². The van der Waals surface area contributed by atoms with Crippen molar-refractivity contribution in [2.24, 2.45) is 0 Å². The van der Waals surface area contributed by atoms with Crippen molar-refractivity contribution >= 4 is 17.3 Å². The number of carbonyl (C=O) groups excluding carboxylic acids is 1. The Hall–Kier alpha value is -2.43. The smallest absolute Gasteiger partial charge is 0.276 e. The second kappa shape index (κ2) is 6.83. The number of hydrogen-bond acceptors (Lipinski definition) is 4. The molecule has 0 spiro atoms. The van der Waals surface area contributed by atoms with Crippen molar-refractivity contribution in [3.8, 4) is 0 Å². The lowest BCUT2D eigenvalue weighted by molar-refractivity contribution is 0.102. The summed E-state index contributed by atoms with van der Waals surface area (Å²) >= 11 is 0. The highest BCUT2D eigenvalue weighted by molar-refractivity contribution is 6.02. The molecule has 110 valence electrons. The lowest BCUT2D eigenvalue weighted by Crippen LogP contribution is -2.21. The maximum Gasteiger partial charge on any atom is 0.276 e. The lowest BCUT2D eigenvalue weighted by Gasteiger charge is -2.21. The first-order chi connectivity index (χ1) is 10.1. The summed E-state index contributed by atoms with van der Waals surface area (Å²) in [5, 5.41) is 10.6. The van der Waals surface area contributed by atoms with Crippen LogP contribution in [0.15, 0.2) is 36.4 Å². The molecule has 2 rings (SSSR count). The van der Waals surface area contributed by atoms with Gasteiger partial charge in [-0.05, 0) is 57.2 Å². The van der Waals surface area contributed by atoms with Gasteiger partial charge in [-0.2, -0.15) is 5.10 Å². The van der Waals surface area contributed by atoms with Crippen LogP contribution in [0, 0.1) is 6.92 Å². The Morgan fingerprint density at radius 3 is 2.24 bits per heavy atom. The monoisotopic (exact) mass is 284 g/mol. The van der Waals surface area contributed by atoms with E-state index in [0.717, 1.165) is 30.2 Å². The average Bonchev–Trinajstić information content (AvgIpc) is 2.51. The molecular formula is C16H20N4O. The van der Waals surface area contributed by atoms with E-state index in [9.17, 15) is 4.79 Å². The van der Waals surface area contributed by atoms with Crippen LogP contribution < -0.4 is 10.2 Å². The van der Waals surface area contributed by atoms with Crippen molar-refractivity contribution in [1.82, 2.24) is 10.2 Å². The van der Waals surface area contributed by atoms with E-state index in [-0.39, 0.29) is 5.91 Å². The standard InChI is InChI=1S/C16H20N4O/c1-4-20(5-2)14-9-7-13(8-10-14)17-16(21)15-11-6-12(3)18-19-15/h6-11H,4-5H2,1-3H3,(H,17,21). The molecule has 0 atom stereocenters. The summed E-state index contributed by atoms with van der Waals surface area (Å²) in [7, 11) is 0. The van der Waals surface area contributed by atoms with Crippen molar-refractivity contribution < 1.29 is 4.79 Å². The fraction of sp³-hybridized carbons (Fsp3) is 0.312. The van der Waals surface area contributed by atoms with Crippen LogP contribution in [-0.4, -0.2) is 29.2 Å². The van der Waals surface area contributed by atoms with Crippen molar-refractivity contribution in [2.75, 3.05) is 23.3 Å². The summed E-state index contributed by atoms with van der Waals surface area (Å²) in [5.41, 5.74) is 3.00. The first-order valence-corrected chi connectivity index (χ1v) is 7.10. The molecule has 0 fully saturated rings. The maximum absolute atomic E-state index is 12.0. The number of nitrogens with one attached hydrogen (secondary N) is 1. The van der Waals surface area contributed by atoms with Gasteiger partial charge in [0.15, 0.2) is 5.69 Å². The Morgan fingerprint density at radius 2 is 1.71 bits per heavy atom. The highest BCUT2D eigenvalue weighted by Gasteiger charge is 2.08. The van der Waals surface area contributed by atoms with Crippen molar-refractivity contribution in [3.63, 3.8) is 0 Å². The van der Waals surface area contributed by atoms with Crippen LogP contribution >= 0.6 is 0 Å². The molecule has 1 amide bonds. The van der Waals surface area contributed by atoms with Gasteiger partial charge in [-0.15, -0.1) is 5.10 Å². The zero-order chi connectivity index (χ0) is 15.2. The Kier molecular flexibility index (Phi) is 4.87. The molecule has 0 bridgehead atoms.